The summed E-state index contributed by atoms with van der Waals surface area (Å²) in [6, 6.07) is 0.140. The van der Waals surface area contributed by atoms with Gasteiger partial charge >= 0.3 is 0 Å². The second-order valence-corrected chi connectivity index (χ2v) is 6.97. The van der Waals surface area contributed by atoms with E-state index in [0.29, 0.717) is 11.5 Å². The number of aromatic nitrogens is 4. The van der Waals surface area contributed by atoms with Crippen molar-refractivity contribution in [2.75, 3.05) is 7.11 Å². The normalized spacial score (nSPS) is 17.6. The van der Waals surface area contributed by atoms with Crippen LogP contribution in [-0.4, -0.2) is 38.8 Å². The van der Waals surface area contributed by atoms with E-state index in [2.05, 4.69) is 25.1 Å². The van der Waals surface area contributed by atoms with E-state index in [0.717, 1.165) is 48.2 Å². The minimum Gasteiger partial charge on any atom is -0.377 e. The Bertz CT molecular complexity index is 709. The number of hydrogen-bond donors (Lipinski definition) is 1. The Morgan fingerprint density at radius 3 is 2.91 bits per heavy atom. The number of methoxy groups -OCH3 is 1. The van der Waals surface area contributed by atoms with Gasteiger partial charge in [0, 0.05) is 26.1 Å². The Balaban J connectivity index is 1.65. The topological polar surface area (TPSA) is 81.9 Å². The second kappa shape index (κ2) is 6.76. The number of amides is 1. The standard InChI is InChI=1S/C15H21N5O2S/c1-9-14(23-10(2)16-9)15(21)17-11-4-5-12-18-19-13(8-22-3)20(12)7-6-11/h11H,4-8H2,1-3H3,(H,17,21). The summed E-state index contributed by atoms with van der Waals surface area (Å²) >= 11 is 1.45. The molecule has 0 saturated carbocycles. The largest absolute Gasteiger partial charge is 0.377 e. The fourth-order valence-corrected chi connectivity index (χ4v) is 3.74. The number of thiazole rings is 1. The molecule has 23 heavy (non-hydrogen) atoms. The first kappa shape index (κ1) is 16.1. The predicted molar refractivity (Wildman–Crippen MR) is 86.5 cm³/mol. The first-order chi connectivity index (χ1) is 11.1. The third-order valence-electron chi connectivity index (χ3n) is 4.04. The molecule has 8 heteroatoms. The van der Waals surface area contributed by atoms with Gasteiger partial charge in [0.05, 0.1) is 10.7 Å². The maximum absolute atomic E-state index is 12.4. The highest BCUT2D eigenvalue weighted by atomic mass is 32.1. The number of hydrogen-bond acceptors (Lipinski definition) is 6. The van der Waals surface area contributed by atoms with Crippen molar-refractivity contribution in [2.45, 2.75) is 52.3 Å². The van der Waals surface area contributed by atoms with Crippen LogP contribution < -0.4 is 5.32 Å². The summed E-state index contributed by atoms with van der Waals surface area (Å²) in [5, 5.41) is 12.5. The lowest BCUT2D eigenvalue weighted by Crippen LogP contribution is -2.35. The molecule has 1 aliphatic heterocycles. The van der Waals surface area contributed by atoms with Gasteiger partial charge in [-0.2, -0.15) is 0 Å². The summed E-state index contributed by atoms with van der Waals surface area (Å²) < 4.78 is 7.27. The molecule has 1 amide bonds. The van der Waals surface area contributed by atoms with Gasteiger partial charge in [0.15, 0.2) is 5.82 Å². The molecular formula is C15H21N5O2S. The molecule has 0 bridgehead atoms. The van der Waals surface area contributed by atoms with Gasteiger partial charge < -0.3 is 14.6 Å². The SMILES string of the molecule is COCc1nnc2n1CCC(NC(=O)c1sc(C)nc1C)CC2. The van der Waals surface area contributed by atoms with Crippen molar-refractivity contribution in [3.05, 3.63) is 27.2 Å². The summed E-state index contributed by atoms with van der Waals surface area (Å²) in [6.45, 7) is 5.06. The molecule has 0 saturated heterocycles. The van der Waals surface area contributed by atoms with Crippen molar-refractivity contribution in [2.24, 2.45) is 0 Å². The molecule has 3 heterocycles. The summed E-state index contributed by atoms with van der Waals surface area (Å²) in [6.07, 6.45) is 2.54. The molecule has 3 rings (SSSR count). The first-order valence-electron chi connectivity index (χ1n) is 7.73. The van der Waals surface area contributed by atoms with Crippen LogP contribution in [0.5, 0.6) is 0 Å². The average molecular weight is 335 g/mol. The van der Waals surface area contributed by atoms with E-state index in [1.165, 1.54) is 11.3 Å². The van der Waals surface area contributed by atoms with Gasteiger partial charge in [-0.25, -0.2) is 4.98 Å². The molecule has 7 nitrogen and oxygen atoms in total. The van der Waals surface area contributed by atoms with Crippen LogP contribution in [0.2, 0.25) is 0 Å². The van der Waals surface area contributed by atoms with E-state index >= 15 is 0 Å². The number of rotatable bonds is 4. The third kappa shape index (κ3) is 3.42. The summed E-state index contributed by atoms with van der Waals surface area (Å²) in [5.74, 6) is 1.80. The summed E-state index contributed by atoms with van der Waals surface area (Å²) in [4.78, 5) is 17.5. The number of fused-ring (bicyclic) bond motifs is 1. The molecule has 1 aliphatic rings. The van der Waals surface area contributed by atoms with Gasteiger partial charge in [-0.3, -0.25) is 4.79 Å². The van der Waals surface area contributed by atoms with Crippen LogP contribution in [0.15, 0.2) is 0 Å². The minimum absolute atomic E-state index is 0.0205. The molecule has 0 fully saturated rings. The van der Waals surface area contributed by atoms with E-state index in [4.69, 9.17) is 4.74 Å². The second-order valence-electron chi connectivity index (χ2n) is 5.76. The lowest BCUT2D eigenvalue weighted by Gasteiger charge is -2.15. The zero-order chi connectivity index (χ0) is 16.4. The Labute approximate surface area is 139 Å². The van der Waals surface area contributed by atoms with Gasteiger partial charge in [0.2, 0.25) is 0 Å². The van der Waals surface area contributed by atoms with Crippen LogP contribution in [0, 0.1) is 13.8 Å². The summed E-state index contributed by atoms with van der Waals surface area (Å²) in [7, 11) is 1.65. The van der Waals surface area contributed by atoms with Gasteiger partial charge in [-0.15, -0.1) is 21.5 Å². The van der Waals surface area contributed by atoms with Crippen LogP contribution in [0.25, 0.3) is 0 Å². The van der Waals surface area contributed by atoms with Gasteiger partial charge in [0.25, 0.3) is 5.91 Å². The van der Waals surface area contributed by atoms with Crippen molar-refractivity contribution in [1.29, 1.82) is 0 Å². The molecule has 0 aliphatic carbocycles. The molecule has 0 aromatic carbocycles. The van der Waals surface area contributed by atoms with Crippen LogP contribution >= 0.6 is 11.3 Å². The van der Waals surface area contributed by atoms with Gasteiger partial charge in [-0.05, 0) is 26.7 Å². The van der Waals surface area contributed by atoms with E-state index in [1.807, 2.05) is 13.8 Å². The summed E-state index contributed by atoms with van der Waals surface area (Å²) in [5.41, 5.74) is 0.804. The van der Waals surface area contributed by atoms with E-state index < -0.39 is 0 Å². The molecular weight excluding hydrogens is 314 g/mol. The third-order valence-corrected chi connectivity index (χ3v) is 5.11. The van der Waals surface area contributed by atoms with Crippen LogP contribution in [-0.2, 0) is 24.3 Å². The molecule has 1 atom stereocenters. The van der Waals surface area contributed by atoms with Crippen LogP contribution in [0.1, 0.15) is 44.9 Å². The predicted octanol–water partition coefficient (Wildman–Crippen LogP) is 1.63. The van der Waals surface area contributed by atoms with E-state index in [1.54, 1.807) is 7.11 Å². The lowest BCUT2D eigenvalue weighted by molar-refractivity contribution is 0.0936. The average Bonchev–Trinajstić information content (AvgIpc) is 2.98. The van der Waals surface area contributed by atoms with Crippen LogP contribution in [0.3, 0.4) is 0 Å². The van der Waals surface area contributed by atoms with Gasteiger partial charge in [0.1, 0.15) is 17.3 Å². The molecule has 2 aromatic rings. The number of aryl methyl sites for hydroxylation is 3. The Hall–Kier alpha value is -1.80. The van der Waals surface area contributed by atoms with E-state index in [-0.39, 0.29) is 11.9 Å². The smallest absolute Gasteiger partial charge is 0.263 e. The highest BCUT2D eigenvalue weighted by Crippen LogP contribution is 2.19. The van der Waals surface area contributed by atoms with Crippen molar-refractivity contribution in [1.82, 2.24) is 25.1 Å². The zero-order valence-corrected chi connectivity index (χ0v) is 14.4. The molecule has 2 aromatic heterocycles. The fraction of sp³-hybridized carbons (Fsp3) is 0.600. The monoisotopic (exact) mass is 335 g/mol. The Morgan fingerprint density at radius 1 is 1.39 bits per heavy atom. The number of carbonyl (C=O) groups excluding carboxylic acids is 1. The number of nitrogens with one attached hydrogen (secondary N) is 1. The molecule has 1 N–H and O–H groups in total. The zero-order valence-electron chi connectivity index (χ0n) is 13.6. The maximum Gasteiger partial charge on any atom is 0.263 e. The van der Waals surface area contributed by atoms with E-state index in [9.17, 15) is 4.79 Å². The Morgan fingerprint density at radius 2 is 2.22 bits per heavy atom. The van der Waals surface area contributed by atoms with Gasteiger partial charge in [-0.1, -0.05) is 0 Å². The maximum atomic E-state index is 12.4. The lowest BCUT2D eigenvalue weighted by atomic mass is 10.1. The van der Waals surface area contributed by atoms with Crippen molar-refractivity contribution in [3.63, 3.8) is 0 Å². The highest BCUT2D eigenvalue weighted by Gasteiger charge is 2.23. The Kier molecular flexibility index (Phi) is 4.72. The van der Waals surface area contributed by atoms with Crippen molar-refractivity contribution in [3.8, 4) is 0 Å². The van der Waals surface area contributed by atoms with Crippen molar-refractivity contribution >= 4 is 17.2 Å². The minimum atomic E-state index is -0.0205. The molecule has 124 valence electrons. The highest BCUT2D eigenvalue weighted by molar-refractivity contribution is 7.13. The number of carbonyl (C=O) groups is 1. The number of nitrogens with zero attached hydrogens (tertiary/aromatic N) is 4. The molecule has 1 unspecified atom stereocenters. The fourth-order valence-electron chi connectivity index (χ4n) is 2.92. The quantitative estimate of drug-likeness (QED) is 0.918. The van der Waals surface area contributed by atoms with Crippen molar-refractivity contribution < 1.29 is 9.53 Å². The first-order valence-corrected chi connectivity index (χ1v) is 8.55. The number of ether oxygens (including phenoxy) is 1. The molecule has 0 radical (unpaired) electrons. The molecule has 0 spiro atoms. The van der Waals surface area contributed by atoms with Crippen LogP contribution in [0.4, 0.5) is 0 Å².